The summed E-state index contributed by atoms with van der Waals surface area (Å²) in [6.07, 6.45) is 0.754. The zero-order valence-electron chi connectivity index (χ0n) is 12.7. The van der Waals surface area contributed by atoms with Crippen LogP contribution in [0.2, 0.25) is 0 Å². The number of nitrogens with zero attached hydrogens (tertiary/aromatic N) is 2. The van der Waals surface area contributed by atoms with Crippen LogP contribution in [-0.4, -0.2) is 56.5 Å². The van der Waals surface area contributed by atoms with Gasteiger partial charge in [0.25, 0.3) is 0 Å². The zero-order chi connectivity index (χ0) is 16.0. The van der Waals surface area contributed by atoms with Gasteiger partial charge in [-0.2, -0.15) is 4.31 Å². The third-order valence-electron chi connectivity index (χ3n) is 3.07. The van der Waals surface area contributed by atoms with Gasteiger partial charge in [0, 0.05) is 24.1 Å². The van der Waals surface area contributed by atoms with Crippen LogP contribution in [0.1, 0.15) is 18.9 Å². The Hall–Kier alpha value is -0.470. The summed E-state index contributed by atoms with van der Waals surface area (Å²) in [6, 6.07) is 4.89. The van der Waals surface area contributed by atoms with Crippen LogP contribution >= 0.6 is 15.9 Å². The standard InChI is InChI=1S/C14H23BrN2O3S/c1-4-7-17(9-8-16(2)3)21(19,20)14-10-12(11-18)5-6-13(14)15/h5-6,10,18H,4,7-9,11H2,1-3H3. The van der Waals surface area contributed by atoms with E-state index in [0.29, 0.717) is 29.7 Å². The van der Waals surface area contributed by atoms with Gasteiger partial charge < -0.3 is 10.0 Å². The molecule has 0 bridgehead atoms. The summed E-state index contributed by atoms with van der Waals surface area (Å²) in [4.78, 5) is 2.17. The van der Waals surface area contributed by atoms with Crippen LogP contribution < -0.4 is 0 Å². The van der Waals surface area contributed by atoms with Gasteiger partial charge in [0.15, 0.2) is 0 Å². The molecule has 0 saturated heterocycles. The second-order valence-electron chi connectivity index (χ2n) is 5.13. The molecule has 0 aliphatic rings. The maximum atomic E-state index is 12.8. The normalized spacial score (nSPS) is 12.3. The Bertz CT molecular complexity index is 561. The SMILES string of the molecule is CCCN(CCN(C)C)S(=O)(=O)c1cc(CO)ccc1Br. The molecule has 1 aromatic rings. The van der Waals surface area contributed by atoms with Crippen LogP contribution in [0.15, 0.2) is 27.6 Å². The van der Waals surface area contributed by atoms with Crippen molar-refractivity contribution < 1.29 is 13.5 Å². The van der Waals surface area contributed by atoms with Crippen molar-refractivity contribution in [3.05, 3.63) is 28.2 Å². The zero-order valence-corrected chi connectivity index (χ0v) is 15.1. The van der Waals surface area contributed by atoms with Crippen molar-refractivity contribution in [2.45, 2.75) is 24.8 Å². The largest absolute Gasteiger partial charge is 0.392 e. The van der Waals surface area contributed by atoms with Crippen LogP contribution in [0, 0.1) is 0 Å². The third-order valence-corrected chi connectivity index (χ3v) is 5.96. The maximum Gasteiger partial charge on any atom is 0.244 e. The van der Waals surface area contributed by atoms with E-state index in [2.05, 4.69) is 15.9 Å². The molecular formula is C14H23BrN2O3S. The first-order valence-electron chi connectivity index (χ1n) is 6.87. The third kappa shape index (κ3) is 5.03. The first kappa shape index (κ1) is 18.6. The Morgan fingerprint density at radius 2 is 1.86 bits per heavy atom. The molecule has 0 spiro atoms. The van der Waals surface area contributed by atoms with Crippen molar-refractivity contribution in [1.82, 2.24) is 9.21 Å². The van der Waals surface area contributed by atoms with Crippen LogP contribution in [0.25, 0.3) is 0 Å². The fourth-order valence-corrected chi connectivity index (χ4v) is 4.39. The maximum absolute atomic E-state index is 12.8. The van der Waals surface area contributed by atoms with Crippen molar-refractivity contribution in [3.63, 3.8) is 0 Å². The van der Waals surface area contributed by atoms with Gasteiger partial charge in [-0.25, -0.2) is 8.42 Å². The number of benzene rings is 1. The fraction of sp³-hybridized carbons (Fsp3) is 0.571. The molecule has 1 aromatic carbocycles. The Kier molecular flexibility index (Phi) is 7.29. The summed E-state index contributed by atoms with van der Waals surface area (Å²) in [7, 11) is 0.258. The lowest BCUT2D eigenvalue weighted by molar-refractivity contribution is 0.281. The molecule has 0 unspecified atom stereocenters. The molecule has 0 radical (unpaired) electrons. The minimum Gasteiger partial charge on any atom is -0.392 e. The van der Waals surface area contributed by atoms with Gasteiger partial charge in [-0.15, -0.1) is 0 Å². The number of aliphatic hydroxyl groups is 1. The molecule has 5 nitrogen and oxygen atoms in total. The molecule has 0 fully saturated rings. The van der Waals surface area contributed by atoms with E-state index in [1.54, 1.807) is 12.1 Å². The quantitative estimate of drug-likeness (QED) is 0.750. The fourth-order valence-electron chi connectivity index (χ4n) is 1.90. The lowest BCUT2D eigenvalue weighted by Crippen LogP contribution is -2.37. The molecule has 0 aromatic heterocycles. The molecular weight excluding hydrogens is 356 g/mol. The molecule has 0 saturated carbocycles. The smallest absolute Gasteiger partial charge is 0.244 e. The van der Waals surface area contributed by atoms with E-state index in [-0.39, 0.29) is 11.5 Å². The van der Waals surface area contributed by atoms with Crippen molar-refractivity contribution in [3.8, 4) is 0 Å². The number of sulfonamides is 1. The Morgan fingerprint density at radius 1 is 1.19 bits per heavy atom. The highest BCUT2D eigenvalue weighted by Crippen LogP contribution is 2.26. The molecule has 21 heavy (non-hydrogen) atoms. The summed E-state index contributed by atoms with van der Waals surface area (Å²) in [5.74, 6) is 0. The first-order chi connectivity index (χ1) is 9.82. The molecule has 0 heterocycles. The van der Waals surface area contributed by atoms with E-state index in [0.717, 1.165) is 6.42 Å². The number of aliphatic hydroxyl groups excluding tert-OH is 1. The Morgan fingerprint density at radius 3 is 2.38 bits per heavy atom. The van der Waals surface area contributed by atoms with E-state index in [1.165, 1.54) is 10.4 Å². The van der Waals surface area contributed by atoms with Crippen molar-refractivity contribution in [2.24, 2.45) is 0 Å². The summed E-state index contributed by atoms with van der Waals surface area (Å²) < 4.78 is 27.7. The molecule has 0 aliphatic heterocycles. The second-order valence-corrected chi connectivity index (χ2v) is 7.89. The summed E-state index contributed by atoms with van der Waals surface area (Å²) in [5, 5.41) is 9.21. The van der Waals surface area contributed by atoms with Crippen LogP contribution in [-0.2, 0) is 16.6 Å². The highest BCUT2D eigenvalue weighted by molar-refractivity contribution is 9.10. The van der Waals surface area contributed by atoms with Gasteiger partial charge in [-0.3, -0.25) is 0 Å². The first-order valence-corrected chi connectivity index (χ1v) is 9.10. The van der Waals surface area contributed by atoms with E-state index >= 15 is 0 Å². The predicted octanol–water partition coefficient (Wildman–Crippen LogP) is 1.90. The average Bonchev–Trinajstić information content (AvgIpc) is 2.43. The highest BCUT2D eigenvalue weighted by Gasteiger charge is 2.26. The summed E-state index contributed by atoms with van der Waals surface area (Å²) >= 11 is 3.30. The lowest BCUT2D eigenvalue weighted by Gasteiger charge is -2.24. The number of hydrogen-bond acceptors (Lipinski definition) is 4. The Labute approximate surface area is 135 Å². The van der Waals surface area contributed by atoms with Crippen molar-refractivity contribution >= 4 is 26.0 Å². The molecule has 0 aliphatic carbocycles. The van der Waals surface area contributed by atoms with E-state index in [1.807, 2.05) is 25.9 Å². The van der Waals surface area contributed by atoms with Crippen molar-refractivity contribution in [1.29, 1.82) is 0 Å². The molecule has 0 amide bonds. The van der Waals surface area contributed by atoms with Gasteiger partial charge in [0.05, 0.1) is 11.5 Å². The lowest BCUT2D eigenvalue weighted by atomic mass is 10.2. The summed E-state index contributed by atoms with van der Waals surface area (Å²) in [5.41, 5.74) is 0.584. The number of halogens is 1. The number of rotatable bonds is 8. The van der Waals surface area contributed by atoms with E-state index < -0.39 is 10.0 Å². The topological polar surface area (TPSA) is 60.9 Å². The van der Waals surface area contributed by atoms with Gasteiger partial charge in [-0.1, -0.05) is 13.0 Å². The minimum absolute atomic E-state index is 0.179. The van der Waals surface area contributed by atoms with Crippen LogP contribution in [0.4, 0.5) is 0 Å². The summed E-state index contributed by atoms with van der Waals surface area (Å²) in [6.45, 7) is 3.36. The van der Waals surface area contributed by atoms with E-state index in [4.69, 9.17) is 0 Å². The monoisotopic (exact) mass is 378 g/mol. The minimum atomic E-state index is -3.57. The number of likely N-dealkylation sites (N-methyl/N-ethyl adjacent to an activating group) is 1. The molecule has 120 valence electrons. The van der Waals surface area contributed by atoms with Gasteiger partial charge in [0.2, 0.25) is 10.0 Å². The molecule has 0 atom stereocenters. The second kappa shape index (κ2) is 8.24. The molecule has 1 N–H and O–H groups in total. The van der Waals surface area contributed by atoms with E-state index in [9.17, 15) is 13.5 Å². The van der Waals surface area contributed by atoms with Crippen molar-refractivity contribution in [2.75, 3.05) is 33.7 Å². The molecule has 7 heteroatoms. The predicted molar refractivity (Wildman–Crippen MR) is 87.7 cm³/mol. The van der Waals surface area contributed by atoms with Gasteiger partial charge in [0.1, 0.15) is 0 Å². The molecule has 1 rings (SSSR count). The highest BCUT2D eigenvalue weighted by atomic mass is 79.9. The van der Waals surface area contributed by atoms with Crippen LogP contribution in [0.3, 0.4) is 0 Å². The van der Waals surface area contributed by atoms with Gasteiger partial charge in [-0.05, 0) is 54.1 Å². The number of hydrogen-bond donors (Lipinski definition) is 1. The Balaban J connectivity index is 3.15. The van der Waals surface area contributed by atoms with Crippen LogP contribution in [0.5, 0.6) is 0 Å². The van der Waals surface area contributed by atoms with Gasteiger partial charge >= 0.3 is 0 Å². The average molecular weight is 379 g/mol.